The van der Waals surface area contributed by atoms with Gasteiger partial charge in [-0.05, 0) is 63.5 Å². The van der Waals surface area contributed by atoms with E-state index in [0.717, 1.165) is 19.4 Å². The average Bonchev–Trinajstić information content (AvgIpc) is 3.22. The summed E-state index contributed by atoms with van der Waals surface area (Å²) in [6, 6.07) is 7.14. The first kappa shape index (κ1) is 21.2. The molecule has 1 heterocycles. The van der Waals surface area contributed by atoms with Crippen molar-refractivity contribution in [2.75, 3.05) is 46.9 Å². The van der Waals surface area contributed by atoms with E-state index in [1.54, 1.807) is 37.1 Å². The summed E-state index contributed by atoms with van der Waals surface area (Å²) in [7, 11) is 2.96. The standard InChI is InChI=1S/C21H32N2O4/c1-17(21(25)27-3)16-23(14-7-6-13-22-11-4-5-12-22)20(24)18-9-8-10-19(15-18)26-2/h8-10,15,17H,4-7,11-14,16H2,1-3H3. The predicted molar refractivity (Wildman–Crippen MR) is 105 cm³/mol. The second kappa shape index (κ2) is 10.9. The number of nitrogens with zero attached hydrogens (tertiary/aromatic N) is 2. The van der Waals surface area contributed by atoms with Crippen LogP contribution in [0.4, 0.5) is 0 Å². The van der Waals surface area contributed by atoms with Crippen LogP contribution in [0.25, 0.3) is 0 Å². The van der Waals surface area contributed by atoms with Crippen LogP contribution in [0.3, 0.4) is 0 Å². The van der Waals surface area contributed by atoms with E-state index in [4.69, 9.17) is 9.47 Å². The van der Waals surface area contributed by atoms with Crippen molar-refractivity contribution in [2.45, 2.75) is 32.6 Å². The zero-order valence-corrected chi connectivity index (χ0v) is 16.8. The number of hydrogen-bond acceptors (Lipinski definition) is 5. The van der Waals surface area contributed by atoms with Gasteiger partial charge in [-0.15, -0.1) is 0 Å². The number of carbonyl (C=O) groups is 2. The van der Waals surface area contributed by atoms with Gasteiger partial charge in [0.15, 0.2) is 0 Å². The Hall–Kier alpha value is -2.08. The molecule has 1 fully saturated rings. The van der Waals surface area contributed by atoms with Crippen molar-refractivity contribution in [3.63, 3.8) is 0 Å². The maximum atomic E-state index is 13.0. The number of benzene rings is 1. The highest BCUT2D eigenvalue weighted by Gasteiger charge is 2.23. The molecule has 1 aromatic rings. The van der Waals surface area contributed by atoms with E-state index in [1.807, 2.05) is 6.07 Å². The topological polar surface area (TPSA) is 59.1 Å². The van der Waals surface area contributed by atoms with E-state index in [2.05, 4.69) is 4.90 Å². The Balaban J connectivity index is 1.98. The monoisotopic (exact) mass is 376 g/mol. The van der Waals surface area contributed by atoms with Gasteiger partial charge < -0.3 is 19.3 Å². The molecule has 1 aromatic carbocycles. The van der Waals surface area contributed by atoms with Crippen molar-refractivity contribution in [3.05, 3.63) is 29.8 Å². The largest absolute Gasteiger partial charge is 0.497 e. The Kier molecular flexibility index (Phi) is 8.58. The summed E-state index contributed by atoms with van der Waals surface area (Å²) in [6.07, 6.45) is 4.54. The number of likely N-dealkylation sites (tertiary alicyclic amines) is 1. The van der Waals surface area contributed by atoms with Crippen LogP contribution in [0.5, 0.6) is 5.75 Å². The molecule has 6 nitrogen and oxygen atoms in total. The molecule has 2 rings (SSSR count). The van der Waals surface area contributed by atoms with Crippen molar-refractivity contribution < 1.29 is 19.1 Å². The van der Waals surface area contributed by atoms with E-state index < -0.39 is 0 Å². The molecule has 1 amide bonds. The second-order valence-electron chi connectivity index (χ2n) is 7.16. The van der Waals surface area contributed by atoms with Gasteiger partial charge in [-0.2, -0.15) is 0 Å². The van der Waals surface area contributed by atoms with Gasteiger partial charge in [0.2, 0.25) is 0 Å². The van der Waals surface area contributed by atoms with Gasteiger partial charge in [-0.25, -0.2) is 0 Å². The molecular formula is C21H32N2O4. The molecule has 1 atom stereocenters. The molecule has 0 aromatic heterocycles. The van der Waals surface area contributed by atoms with Gasteiger partial charge in [-0.1, -0.05) is 13.0 Å². The van der Waals surface area contributed by atoms with Crippen LogP contribution in [0, 0.1) is 5.92 Å². The molecular weight excluding hydrogens is 344 g/mol. The summed E-state index contributed by atoms with van der Waals surface area (Å²) >= 11 is 0. The summed E-state index contributed by atoms with van der Waals surface area (Å²) in [5.41, 5.74) is 0.575. The number of hydrogen-bond donors (Lipinski definition) is 0. The van der Waals surface area contributed by atoms with E-state index in [9.17, 15) is 9.59 Å². The lowest BCUT2D eigenvalue weighted by Gasteiger charge is -2.26. The molecule has 1 saturated heterocycles. The SMILES string of the molecule is COC(=O)C(C)CN(CCCCN1CCCC1)C(=O)c1cccc(OC)c1. The van der Waals surface area contributed by atoms with Crippen LogP contribution in [-0.2, 0) is 9.53 Å². The molecule has 1 aliphatic heterocycles. The normalized spacial score (nSPS) is 15.4. The third-order valence-electron chi connectivity index (χ3n) is 5.05. The van der Waals surface area contributed by atoms with Crippen molar-refractivity contribution in [2.24, 2.45) is 5.92 Å². The molecule has 1 aliphatic rings. The average molecular weight is 376 g/mol. The maximum absolute atomic E-state index is 13.0. The first-order valence-corrected chi connectivity index (χ1v) is 9.78. The fraction of sp³-hybridized carbons (Fsp3) is 0.619. The van der Waals surface area contributed by atoms with E-state index in [-0.39, 0.29) is 17.8 Å². The molecule has 1 unspecified atom stereocenters. The van der Waals surface area contributed by atoms with Gasteiger partial charge in [0.05, 0.1) is 20.1 Å². The van der Waals surface area contributed by atoms with E-state index in [0.29, 0.717) is 24.4 Å². The van der Waals surface area contributed by atoms with E-state index in [1.165, 1.54) is 33.0 Å². The van der Waals surface area contributed by atoms with Crippen molar-refractivity contribution in [1.82, 2.24) is 9.80 Å². The second-order valence-corrected chi connectivity index (χ2v) is 7.16. The summed E-state index contributed by atoms with van der Waals surface area (Å²) in [5, 5.41) is 0. The lowest BCUT2D eigenvalue weighted by Crippen LogP contribution is -2.38. The molecule has 0 radical (unpaired) electrons. The van der Waals surface area contributed by atoms with Crippen LogP contribution in [0.15, 0.2) is 24.3 Å². The fourth-order valence-corrected chi connectivity index (χ4v) is 3.47. The molecule has 0 N–H and O–H groups in total. The molecule has 27 heavy (non-hydrogen) atoms. The number of esters is 1. The maximum Gasteiger partial charge on any atom is 0.310 e. The Bertz CT molecular complexity index is 614. The fourth-order valence-electron chi connectivity index (χ4n) is 3.47. The smallest absolute Gasteiger partial charge is 0.310 e. The van der Waals surface area contributed by atoms with E-state index >= 15 is 0 Å². The lowest BCUT2D eigenvalue weighted by molar-refractivity contribution is -0.145. The van der Waals surface area contributed by atoms with Crippen LogP contribution >= 0.6 is 0 Å². The quantitative estimate of drug-likeness (QED) is 0.464. The van der Waals surface area contributed by atoms with Crippen molar-refractivity contribution in [1.29, 1.82) is 0 Å². The summed E-state index contributed by atoms with van der Waals surface area (Å²) < 4.78 is 10.1. The van der Waals surface area contributed by atoms with Gasteiger partial charge >= 0.3 is 5.97 Å². The highest BCUT2D eigenvalue weighted by Crippen LogP contribution is 2.16. The van der Waals surface area contributed by atoms with Crippen LogP contribution < -0.4 is 4.74 Å². The number of amides is 1. The summed E-state index contributed by atoms with van der Waals surface area (Å²) in [5.74, 6) is -0.0830. The highest BCUT2D eigenvalue weighted by molar-refractivity contribution is 5.94. The van der Waals surface area contributed by atoms with Gasteiger partial charge in [0.1, 0.15) is 5.75 Å². The Morgan fingerprint density at radius 1 is 1.19 bits per heavy atom. The first-order valence-electron chi connectivity index (χ1n) is 9.78. The molecule has 0 saturated carbocycles. The minimum absolute atomic E-state index is 0.0779. The summed E-state index contributed by atoms with van der Waals surface area (Å²) in [4.78, 5) is 29.1. The molecule has 0 spiro atoms. The van der Waals surface area contributed by atoms with Crippen molar-refractivity contribution in [3.8, 4) is 5.75 Å². The third kappa shape index (κ3) is 6.54. The first-order chi connectivity index (χ1) is 13.0. The number of rotatable bonds is 10. The molecule has 150 valence electrons. The van der Waals surface area contributed by atoms with Crippen LogP contribution in [0.2, 0.25) is 0 Å². The molecule has 6 heteroatoms. The lowest BCUT2D eigenvalue weighted by atomic mass is 10.1. The predicted octanol–water partition coefficient (Wildman–Crippen LogP) is 2.82. The number of methoxy groups -OCH3 is 2. The minimum Gasteiger partial charge on any atom is -0.497 e. The minimum atomic E-state index is -0.358. The molecule has 0 bridgehead atoms. The number of carbonyl (C=O) groups excluding carboxylic acids is 2. The zero-order chi connectivity index (χ0) is 19.6. The van der Waals surface area contributed by atoms with Gasteiger partial charge in [0, 0.05) is 18.7 Å². The number of ether oxygens (including phenoxy) is 2. The zero-order valence-electron chi connectivity index (χ0n) is 16.8. The third-order valence-corrected chi connectivity index (χ3v) is 5.05. The Morgan fingerprint density at radius 3 is 2.59 bits per heavy atom. The molecule has 0 aliphatic carbocycles. The highest BCUT2D eigenvalue weighted by atomic mass is 16.5. The van der Waals surface area contributed by atoms with Crippen LogP contribution in [-0.4, -0.2) is 68.6 Å². The Labute approximate surface area is 162 Å². The van der Waals surface area contributed by atoms with Crippen molar-refractivity contribution >= 4 is 11.9 Å². The van der Waals surface area contributed by atoms with Gasteiger partial charge in [-0.3, -0.25) is 9.59 Å². The van der Waals surface area contributed by atoms with Crippen LogP contribution in [0.1, 0.15) is 43.0 Å². The Morgan fingerprint density at radius 2 is 1.93 bits per heavy atom. The number of unbranched alkanes of at least 4 members (excludes halogenated alkanes) is 1. The van der Waals surface area contributed by atoms with Gasteiger partial charge in [0.25, 0.3) is 5.91 Å². The summed E-state index contributed by atoms with van der Waals surface area (Å²) in [6.45, 7) is 6.23.